The Morgan fingerprint density at radius 1 is 1.06 bits per heavy atom. The molecule has 1 unspecified atom stereocenters. The van der Waals surface area contributed by atoms with Crippen molar-refractivity contribution in [2.45, 2.75) is 6.02 Å². The summed E-state index contributed by atoms with van der Waals surface area (Å²) in [5.74, 6) is -2.39. The summed E-state index contributed by atoms with van der Waals surface area (Å²) in [6.45, 7) is 0. The first-order valence-electron chi connectivity index (χ1n) is 10.9. The lowest BCUT2D eigenvalue weighted by molar-refractivity contribution is 0.480. The number of hydrogen-bond donors (Lipinski definition) is 5. The zero-order valence-corrected chi connectivity index (χ0v) is 19.6. The van der Waals surface area contributed by atoms with Gasteiger partial charge in [-0.3, -0.25) is 4.98 Å². The van der Waals surface area contributed by atoms with Gasteiger partial charge in [0.15, 0.2) is 5.82 Å². The summed E-state index contributed by atoms with van der Waals surface area (Å²) in [6, 6.07) is 11.5. The predicted molar refractivity (Wildman–Crippen MR) is 134 cm³/mol. The van der Waals surface area contributed by atoms with Gasteiger partial charge < -0.3 is 21.5 Å². The summed E-state index contributed by atoms with van der Waals surface area (Å²) in [6.07, 6.45) is 4.02. The van der Waals surface area contributed by atoms with Crippen LogP contribution in [0, 0.1) is 23.1 Å². The quantitative estimate of drug-likeness (QED) is 0.212. The molecular weight excluding hydrogens is 509 g/mol. The van der Waals surface area contributed by atoms with Gasteiger partial charge in [-0.1, -0.05) is 35.3 Å². The van der Waals surface area contributed by atoms with Crippen LogP contribution in [0.1, 0.15) is 18.5 Å². The number of hydrazine groups is 2. The van der Waals surface area contributed by atoms with E-state index in [9.17, 15) is 15.4 Å². The Labute approximate surface area is 215 Å². The van der Waals surface area contributed by atoms with Crippen LogP contribution in [0.2, 0.25) is 10.0 Å². The van der Waals surface area contributed by atoms with Crippen molar-refractivity contribution in [1.82, 2.24) is 26.4 Å². The summed E-state index contributed by atoms with van der Waals surface area (Å²) < 4.78 is 36.5. The molecule has 0 bridgehead atoms. The van der Waals surface area contributed by atoms with E-state index in [0.717, 1.165) is 12.3 Å². The van der Waals surface area contributed by atoms with E-state index in [2.05, 4.69) is 37.0 Å². The minimum absolute atomic E-state index is 0.117. The van der Waals surface area contributed by atoms with E-state index in [0.29, 0.717) is 32.9 Å². The predicted octanol–water partition coefficient (Wildman–Crippen LogP) is 5.44. The maximum Gasteiger partial charge on any atom is 0.249 e. The lowest BCUT2D eigenvalue weighted by Crippen LogP contribution is -2.33. The van der Waals surface area contributed by atoms with Crippen LogP contribution >= 0.6 is 23.2 Å². The van der Waals surface area contributed by atoms with E-state index in [1.165, 1.54) is 6.20 Å². The number of aromatic nitrogens is 2. The average Bonchev–Trinajstić information content (AvgIpc) is 3.43. The number of nitrogens with one attached hydrogen (secondary N) is 5. The van der Waals surface area contributed by atoms with Gasteiger partial charge in [0.25, 0.3) is 0 Å². The summed E-state index contributed by atoms with van der Waals surface area (Å²) in [5.41, 5.74) is 10.7. The van der Waals surface area contributed by atoms with Crippen LogP contribution in [-0.2, 0) is 0 Å². The fourth-order valence-corrected chi connectivity index (χ4v) is 4.02. The highest BCUT2D eigenvalue weighted by molar-refractivity contribution is 6.36. The van der Waals surface area contributed by atoms with Crippen LogP contribution in [0.25, 0.3) is 10.9 Å². The van der Waals surface area contributed by atoms with Crippen molar-refractivity contribution in [1.29, 1.82) is 5.26 Å². The maximum atomic E-state index is 13.8. The van der Waals surface area contributed by atoms with Crippen molar-refractivity contribution < 1.29 is 10.2 Å². The molecule has 5 N–H and O–H groups in total. The number of anilines is 3. The highest BCUT2D eigenvalue weighted by atomic mass is 35.5. The monoisotopic (exact) mass is 525 g/mol. The van der Waals surface area contributed by atoms with Gasteiger partial charge >= 0.3 is 0 Å². The first-order valence-corrected chi connectivity index (χ1v) is 11.2. The van der Waals surface area contributed by atoms with Crippen molar-refractivity contribution in [2.75, 3.05) is 10.6 Å². The standard InChI is InChI=1S/C24H16Cl2F2N8/c25-14-3-1-12(2-4-14)22(20-11-32-36-35-20)33-15-5-17-21(34-16-7-19(27)24(28)31-10-16)13(8-29)9-30-23(17)18(26)6-15/h1-7,9-11,22,32-33,35-36H,(H,30,34)/i22D. The maximum absolute atomic E-state index is 13.8. The number of hydrogen-bond acceptors (Lipinski definition) is 8. The van der Waals surface area contributed by atoms with Crippen molar-refractivity contribution in [3.05, 3.63) is 99.7 Å². The Bertz CT molecular complexity index is 1590. The average molecular weight is 526 g/mol. The molecule has 0 aliphatic carbocycles. The second-order valence-corrected chi connectivity index (χ2v) is 8.44. The smallest absolute Gasteiger partial charge is 0.249 e. The highest BCUT2D eigenvalue weighted by Gasteiger charge is 2.21. The number of pyridine rings is 2. The summed E-state index contributed by atoms with van der Waals surface area (Å²) in [7, 11) is 0. The fraction of sp³-hybridized carbons (Fsp3) is 0.0417. The Morgan fingerprint density at radius 2 is 1.86 bits per heavy atom. The Morgan fingerprint density at radius 3 is 2.56 bits per heavy atom. The molecule has 8 nitrogen and oxygen atoms in total. The van der Waals surface area contributed by atoms with Crippen LogP contribution in [0.3, 0.4) is 0 Å². The molecular formula is C24H16Cl2F2N8. The van der Waals surface area contributed by atoms with Crippen molar-refractivity contribution >= 4 is 51.2 Å². The van der Waals surface area contributed by atoms with Crippen molar-refractivity contribution in [3.8, 4) is 6.07 Å². The Balaban J connectivity index is 1.63. The van der Waals surface area contributed by atoms with Gasteiger partial charge in [0.2, 0.25) is 5.95 Å². The van der Waals surface area contributed by atoms with Gasteiger partial charge in [-0.2, -0.15) is 15.2 Å². The van der Waals surface area contributed by atoms with E-state index in [4.69, 9.17) is 23.2 Å². The molecule has 12 heteroatoms. The molecule has 2 aromatic heterocycles. The minimum atomic E-state index is -1.53. The van der Waals surface area contributed by atoms with Gasteiger partial charge in [0.05, 0.1) is 46.8 Å². The highest BCUT2D eigenvalue weighted by Crippen LogP contribution is 2.36. The molecule has 1 atom stereocenters. The van der Waals surface area contributed by atoms with Crippen LogP contribution in [0.5, 0.6) is 0 Å². The lowest BCUT2D eigenvalue weighted by atomic mass is 10.0. The van der Waals surface area contributed by atoms with Crippen LogP contribution < -0.4 is 27.0 Å². The molecule has 0 spiro atoms. The zero-order valence-electron chi connectivity index (χ0n) is 19.1. The van der Waals surface area contributed by atoms with Gasteiger partial charge in [0.1, 0.15) is 6.07 Å². The van der Waals surface area contributed by atoms with E-state index in [-0.39, 0.29) is 22.0 Å². The van der Waals surface area contributed by atoms with Gasteiger partial charge in [0, 0.05) is 34.6 Å². The Kier molecular flexibility index (Phi) is 6.09. The summed E-state index contributed by atoms with van der Waals surface area (Å²) in [4.78, 5) is 7.67. The number of benzene rings is 2. The zero-order chi connectivity index (χ0) is 26.2. The van der Waals surface area contributed by atoms with E-state index >= 15 is 0 Å². The van der Waals surface area contributed by atoms with Crippen molar-refractivity contribution in [3.63, 3.8) is 0 Å². The van der Waals surface area contributed by atoms with E-state index in [1.807, 2.05) is 6.07 Å². The van der Waals surface area contributed by atoms with E-state index in [1.54, 1.807) is 42.6 Å². The normalized spacial score (nSPS) is 14.6. The molecule has 36 heavy (non-hydrogen) atoms. The molecule has 0 saturated carbocycles. The van der Waals surface area contributed by atoms with Crippen LogP contribution in [-0.4, -0.2) is 9.97 Å². The molecule has 3 heterocycles. The molecule has 4 aromatic rings. The molecule has 1 aliphatic heterocycles. The molecule has 1 aliphatic rings. The first-order chi connectivity index (χ1) is 17.8. The third-order valence-electron chi connectivity index (χ3n) is 5.27. The summed E-state index contributed by atoms with van der Waals surface area (Å²) >= 11 is 12.6. The molecule has 2 aromatic carbocycles. The number of rotatable bonds is 6. The fourth-order valence-electron chi connectivity index (χ4n) is 3.62. The number of nitriles is 1. The number of halogens is 4. The number of fused-ring (bicyclic) bond motifs is 1. The van der Waals surface area contributed by atoms with Gasteiger partial charge in [-0.25, -0.2) is 9.37 Å². The molecule has 0 radical (unpaired) electrons. The van der Waals surface area contributed by atoms with Crippen molar-refractivity contribution in [2.24, 2.45) is 0 Å². The topological polar surface area (TPSA) is 110 Å². The minimum Gasteiger partial charge on any atom is -0.373 e. The van der Waals surface area contributed by atoms with Crippen LogP contribution in [0.4, 0.5) is 25.8 Å². The first kappa shape index (κ1) is 22.3. The molecule has 180 valence electrons. The SMILES string of the molecule is [2H]C(Nc1cc(Cl)c2ncc(C#N)c(Nc3cnc(F)c(F)c3)c2c1)(C1=CNNN1)c1ccc(Cl)cc1. The van der Waals surface area contributed by atoms with Gasteiger partial charge in [-0.15, -0.1) is 0 Å². The molecule has 5 rings (SSSR count). The van der Waals surface area contributed by atoms with E-state index < -0.39 is 17.8 Å². The molecule has 0 saturated heterocycles. The summed E-state index contributed by atoms with van der Waals surface area (Å²) in [5, 5.41) is 17.0. The van der Waals surface area contributed by atoms with Crippen LogP contribution in [0.15, 0.2) is 66.8 Å². The largest absolute Gasteiger partial charge is 0.373 e. The second-order valence-electron chi connectivity index (χ2n) is 7.59. The third-order valence-corrected chi connectivity index (χ3v) is 5.81. The second kappa shape index (κ2) is 9.83. The number of nitrogens with zero attached hydrogens (tertiary/aromatic N) is 3. The Hall–Kier alpha value is -4.17. The molecule has 0 amide bonds. The lowest BCUT2D eigenvalue weighted by Gasteiger charge is -2.22. The third kappa shape index (κ3) is 4.67. The van der Waals surface area contributed by atoms with Gasteiger partial charge in [-0.05, 0) is 29.8 Å². The molecule has 0 fully saturated rings.